The molecule has 5 nitrogen and oxygen atoms in total. The predicted molar refractivity (Wildman–Crippen MR) is 80.8 cm³/mol. The first-order valence-electron chi connectivity index (χ1n) is 6.49. The van der Waals surface area contributed by atoms with Gasteiger partial charge >= 0.3 is 0 Å². The van der Waals surface area contributed by atoms with E-state index in [2.05, 4.69) is 0 Å². The van der Waals surface area contributed by atoms with Crippen molar-refractivity contribution in [2.45, 2.75) is 13.8 Å². The van der Waals surface area contributed by atoms with Gasteiger partial charge in [0.25, 0.3) is 5.91 Å². The quantitative estimate of drug-likeness (QED) is 0.844. The van der Waals surface area contributed by atoms with E-state index in [4.69, 9.17) is 17.3 Å². The Morgan fingerprint density at radius 3 is 2.40 bits per heavy atom. The van der Waals surface area contributed by atoms with E-state index in [1.54, 1.807) is 30.1 Å². The molecule has 0 fully saturated rings. The Labute approximate surface area is 124 Å². The number of anilines is 1. The molecule has 6 heteroatoms. The topological polar surface area (TPSA) is 66.6 Å². The van der Waals surface area contributed by atoms with E-state index in [1.807, 2.05) is 13.8 Å². The number of nitrogens with zero attached hydrogens (tertiary/aromatic N) is 2. The van der Waals surface area contributed by atoms with Gasteiger partial charge in [0.05, 0.1) is 22.8 Å². The van der Waals surface area contributed by atoms with Crippen molar-refractivity contribution in [3.05, 3.63) is 28.8 Å². The van der Waals surface area contributed by atoms with Crippen LogP contribution in [0.3, 0.4) is 0 Å². The minimum atomic E-state index is -0.314. The lowest BCUT2D eigenvalue weighted by Gasteiger charge is -2.23. The molecule has 20 heavy (non-hydrogen) atoms. The molecule has 1 aromatic carbocycles. The fourth-order valence-corrected chi connectivity index (χ4v) is 2.05. The summed E-state index contributed by atoms with van der Waals surface area (Å²) in [5.41, 5.74) is 6.34. The van der Waals surface area contributed by atoms with E-state index in [0.717, 1.165) is 0 Å². The zero-order chi connectivity index (χ0) is 15.3. The van der Waals surface area contributed by atoms with Crippen LogP contribution >= 0.6 is 11.6 Å². The molecule has 0 unspecified atom stereocenters. The first-order valence-corrected chi connectivity index (χ1v) is 6.87. The number of carbonyl (C=O) groups excluding carboxylic acids is 2. The number of hydrogen-bond donors (Lipinski definition) is 1. The van der Waals surface area contributed by atoms with Gasteiger partial charge in [0.2, 0.25) is 5.91 Å². The minimum absolute atomic E-state index is 0.0203. The molecule has 0 aromatic heterocycles. The summed E-state index contributed by atoms with van der Waals surface area (Å²) in [7, 11) is 1.57. The summed E-state index contributed by atoms with van der Waals surface area (Å²) in [5.74, 6) is -0.406. The van der Waals surface area contributed by atoms with Crippen LogP contribution in [0.1, 0.15) is 24.2 Å². The lowest BCUT2D eigenvalue weighted by atomic mass is 10.1. The Hall–Kier alpha value is -1.75. The van der Waals surface area contributed by atoms with Crippen LogP contribution in [0.25, 0.3) is 0 Å². The first-order chi connectivity index (χ1) is 9.42. The van der Waals surface area contributed by atoms with Gasteiger partial charge in [-0.15, -0.1) is 0 Å². The van der Waals surface area contributed by atoms with Crippen molar-refractivity contribution in [3.63, 3.8) is 0 Å². The first kappa shape index (κ1) is 16.3. The summed E-state index contributed by atoms with van der Waals surface area (Å²) in [6.07, 6.45) is 0. The maximum absolute atomic E-state index is 12.3. The molecule has 2 N–H and O–H groups in total. The van der Waals surface area contributed by atoms with Gasteiger partial charge in [-0.3, -0.25) is 9.59 Å². The summed E-state index contributed by atoms with van der Waals surface area (Å²) in [6.45, 7) is 5.07. The number of halogens is 1. The van der Waals surface area contributed by atoms with Gasteiger partial charge in [-0.25, -0.2) is 0 Å². The minimum Gasteiger partial charge on any atom is -0.397 e. The molecular weight excluding hydrogens is 278 g/mol. The van der Waals surface area contributed by atoms with Crippen LogP contribution in [0.5, 0.6) is 0 Å². The van der Waals surface area contributed by atoms with Gasteiger partial charge in [-0.1, -0.05) is 17.7 Å². The maximum Gasteiger partial charge on any atom is 0.256 e. The Bertz CT molecular complexity index is 501. The standard InChI is InChI=1S/C14H20ClN3O2/c1-4-18(5-2)12(19)9-17(3)14(20)10-7-6-8-11(15)13(10)16/h6-8H,4-5,9,16H2,1-3H3. The van der Waals surface area contributed by atoms with E-state index < -0.39 is 0 Å². The van der Waals surface area contributed by atoms with Gasteiger partial charge in [-0.2, -0.15) is 0 Å². The molecule has 0 atom stereocenters. The third-order valence-corrected chi connectivity index (χ3v) is 3.45. The molecule has 110 valence electrons. The van der Waals surface area contributed by atoms with E-state index >= 15 is 0 Å². The summed E-state index contributed by atoms with van der Waals surface area (Å²) < 4.78 is 0. The molecule has 0 heterocycles. The Morgan fingerprint density at radius 2 is 1.85 bits per heavy atom. The van der Waals surface area contributed by atoms with Crippen LogP contribution in [-0.2, 0) is 4.79 Å². The van der Waals surface area contributed by atoms with E-state index in [9.17, 15) is 9.59 Å². The Balaban J connectivity index is 2.82. The van der Waals surface area contributed by atoms with Gasteiger partial charge in [-0.05, 0) is 26.0 Å². The molecule has 2 amide bonds. The maximum atomic E-state index is 12.3. The summed E-state index contributed by atoms with van der Waals surface area (Å²) >= 11 is 5.89. The van der Waals surface area contributed by atoms with Crippen molar-refractivity contribution in [1.82, 2.24) is 9.80 Å². The molecule has 0 saturated carbocycles. The SMILES string of the molecule is CCN(CC)C(=O)CN(C)C(=O)c1cccc(Cl)c1N. The fourth-order valence-electron chi connectivity index (χ4n) is 1.88. The highest BCUT2D eigenvalue weighted by Crippen LogP contribution is 2.23. The van der Waals surface area contributed by atoms with Crippen molar-refractivity contribution in [2.24, 2.45) is 0 Å². The zero-order valence-electron chi connectivity index (χ0n) is 12.0. The molecule has 0 aliphatic heterocycles. The number of benzene rings is 1. The Morgan fingerprint density at radius 1 is 1.25 bits per heavy atom. The molecule has 0 bridgehead atoms. The highest BCUT2D eigenvalue weighted by molar-refractivity contribution is 6.33. The van der Waals surface area contributed by atoms with Crippen LogP contribution in [0, 0.1) is 0 Å². The molecule has 1 rings (SSSR count). The number of rotatable bonds is 5. The molecule has 0 saturated heterocycles. The van der Waals surface area contributed by atoms with Crippen LogP contribution in [0.2, 0.25) is 5.02 Å². The third-order valence-electron chi connectivity index (χ3n) is 3.12. The lowest BCUT2D eigenvalue weighted by molar-refractivity contribution is -0.131. The average Bonchev–Trinajstić information content (AvgIpc) is 2.42. The highest BCUT2D eigenvalue weighted by atomic mass is 35.5. The number of para-hydroxylation sites is 1. The molecular formula is C14H20ClN3O2. The van der Waals surface area contributed by atoms with Crippen LogP contribution in [0.15, 0.2) is 18.2 Å². The highest BCUT2D eigenvalue weighted by Gasteiger charge is 2.20. The van der Waals surface area contributed by atoms with Gasteiger partial charge in [0.15, 0.2) is 0 Å². The molecule has 0 aliphatic rings. The normalized spacial score (nSPS) is 10.2. The average molecular weight is 298 g/mol. The van der Waals surface area contributed by atoms with Gasteiger partial charge < -0.3 is 15.5 Å². The van der Waals surface area contributed by atoms with Crippen molar-refractivity contribution in [3.8, 4) is 0 Å². The molecule has 0 spiro atoms. The monoisotopic (exact) mass is 297 g/mol. The van der Waals surface area contributed by atoms with Gasteiger partial charge in [0.1, 0.15) is 0 Å². The van der Waals surface area contributed by atoms with Crippen molar-refractivity contribution >= 4 is 29.1 Å². The van der Waals surface area contributed by atoms with Crippen LogP contribution in [-0.4, -0.2) is 48.3 Å². The number of amides is 2. The van der Waals surface area contributed by atoms with Crippen molar-refractivity contribution < 1.29 is 9.59 Å². The summed E-state index contributed by atoms with van der Waals surface area (Å²) in [5, 5.41) is 0.333. The number of hydrogen-bond acceptors (Lipinski definition) is 3. The van der Waals surface area contributed by atoms with E-state index in [1.165, 1.54) is 4.90 Å². The molecule has 0 aliphatic carbocycles. The molecule has 1 aromatic rings. The van der Waals surface area contributed by atoms with Gasteiger partial charge in [0, 0.05) is 20.1 Å². The second kappa shape index (κ2) is 7.14. The number of nitrogens with two attached hydrogens (primary N) is 1. The zero-order valence-corrected chi connectivity index (χ0v) is 12.8. The smallest absolute Gasteiger partial charge is 0.256 e. The number of likely N-dealkylation sites (N-methyl/N-ethyl adjacent to an activating group) is 2. The van der Waals surface area contributed by atoms with Crippen LogP contribution in [0.4, 0.5) is 5.69 Å². The largest absolute Gasteiger partial charge is 0.397 e. The predicted octanol–water partition coefficient (Wildman–Crippen LogP) is 1.86. The Kier molecular flexibility index (Phi) is 5.82. The van der Waals surface area contributed by atoms with Crippen LogP contribution < -0.4 is 5.73 Å². The second-order valence-corrected chi connectivity index (χ2v) is 4.84. The summed E-state index contributed by atoms with van der Waals surface area (Å²) in [6, 6.07) is 4.88. The lowest BCUT2D eigenvalue weighted by Crippen LogP contribution is -2.41. The number of carbonyl (C=O) groups is 2. The fraction of sp³-hybridized carbons (Fsp3) is 0.429. The third kappa shape index (κ3) is 3.63. The second-order valence-electron chi connectivity index (χ2n) is 4.43. The molecule has 0 radical (unpaired) electrons. The van der Waals surface area contributed by atoms with E-state index in [-0.39, 0.29) is 24.0 Å². The van der Waals surface area contributed by atoms with E-state index in [0.29, 0.717) is 23.7 Å². The summed E-state index contributed by atoms with van der Waals surface area (Å²) in [4.78, 5) is 27.3. The number of nitrogen functional groups attached to an aromatic ring is 1. The van der Waals surface area contributed by atoms with Crippen molar-refractivity contribution in [1.29, 1.82) is 0 Å². The van der Waals surface area contributed by atoms with Crippen molar-refractivity contribution in [2.75, 3.05) is 32.4 Å².